The van der Waals surface area contributed by atoms with Crippen LogP contribution in [-0.4, -0.2) is 28.5 Å². The highest BCUT2D eigenvalue weighted by Gasteiger charge is 2.06. The lowest BCUT2D eigenvalue weighted by Crippen LogP contribution is -2.19. The summed E-state index contributed by atoms with van der Waals surface area (Å²) in [6.07, 6.45) is 5.72. The molecular weight excluding hydrogens is 286 g/mol. The fourth-order valence-corrected chi connectivity index (χ4v) is 2.48. The van der Waals surface area contributed by atoms with Crippen molar-refractivity contribution < 1.29 is 0 Å². The Labute approximate surface area is 136 Å². The summed E-state index contributed by atoms with van der Waals surface area (Å²) < 4.78 is 0. The van der Waals surface area contributed by atoms with Gasteiger partial charge in [-0.25, -0.2) is 9.97 Å². The highest BCUT2D eigenvalue weighted by Crippen LogP contribution is 2.24. The number of fused-ring (bicyclic) bond motifs is 1. The normalized spacial score (nSPS) is 10.7. The summed E-state index contributed by atoms with van der Waals surface area (Å²) in [4.78, 5) is 15.3. The molecule has 3 rings (SSSR count). The van der Waals surface area contributed by atoms with Gasteiger partial charge >= 0.3 is 0 Å². The Bertz CT molecular complexity index is 782. The Morgan fingerprint density at radius 3 is 2.83 bits per heavy atom. The third kappa shape index (κ3) is 3.56. The highest BCUT2D eigenvalue weighted by atomic mass is 15.2. The molecule has 2 aromatic heterocycles. The molecule has 1 aromatic carbocycles. The smallest absolute Gasteiger partial charge is 0.135 e. The minimum absolute atomic E-state index is 0.775. The van der Waals surface area contributed by atoms with Gasteiger partial charge in [0.05, 0.1) is 11.2 Å². The van der Waals surface area contributed by atoms with E-state index in [1.54, 1.807) is 12.5 Å². The first-order valence-electron chi connectivity index (χ1n) is 7.92. The van der Waals surface area contributed by atoms with Gasteiger partial charge in [0.25, 0.3) is 0 Å². The van der Waals surface area contributed by atoms with Gasteiger partial charge in [0, 0.05) is 31.2 Å². The van der Waals surface area contributed by atoms with Crippen LogP contribution in [0.3, 0.4) is 0 Å². The number of rotatable bonds is 6. The van der Waals surface area contributed by atoms with Crippen LogP contribution in [0.5, 0.6) is 0 Å². The van der Waals surface area contributed by atoms with Crippen LogP contribution in [-0.2, 0) is 0 Å². The summed E-state index contributed by atoms with van der Waals surface area (Å²) in [6, 6.07) is 12.0. The van der Waals surface area contributed by atoms with Crippen LogP contribution < -0.4 is 10.2 Å². The molecular formula is C18H21N5. The molecule has 118 valence electrons. The quantitative estimate of drug-likeness (QED) is 0.746. The zero-order valence-electron chi connectivity index (χ0n) is 13.5. The Morgan fingerprint density at radius 2 is 1.96 bits per heavy atom. The largest absolute Gasteiger partial charge is 0.360 e. The minimum Gasteiger partial charge on any atom is -0.360 e. The van der Waals surface area contributed by atoms with Crippen molar-refractivity contribution >= 4 is 28.2 Å². The van der Waals surface area contributed by atoms with Crippen molar-refractivity contribution in [1.82, 2.24) is 15.0 Å². The molecule has 5 nitrogen and oxygen atoms in total. The maximum atomic E-state index is 4.46. The summed E-state index contributed by atoms with van der Waals surface area (Å²) in [5.74, 6) is 1.70. The van der Waals surface area contributed by atoms with Gasteiger partial charge in [-0.05, 0) is 18.6 Å². The van der Waals surface area contributed by atoms with Crippen LogP contribution in [0.25, 0.3) is 10.9 Å². The molecule has 0 aliphatic rings. The lowest BCUT2D eigenvalue weighted by molar-refractivity contribution is 0.758. The number of benzene rings is 1. The molecule has 0 unspecified atom stereocenters. The number of hydrogen-bond donors (Lipinski definition) is 1. The fraction of sp³-hybridized carbons (Fsp3) is 0.278. The molecule has 0 saturated heterocycles. The molecule has 0 aliphatic heterocycles. The second-order valence-electron chi connectivity index (χ2n) is 5.54. The standard InChI is InChI=1S/C18H21N5/c1-3-4-11-23(2)17-12-16(20-13-21-17)22-15-9-5-7-14-8-6-10-19-18(14)15/h5-10,12-13H,3-4,11H2,1-2H3,(H,20,21,22). The third-order valence-electron chi connectivity index (χ3n) is 3.79. The van der Waals surface area contributed by atoms with Crippen molar-refractivity contribution in [3.8, 4) is 0 Å². The number of anilines is 3. The predicted molar refractivity (Wildman–Crippen MR) is 95.2 cm³/mol. The second-order valence-corrected chi connectivity index (χ2v) is 5.54. The molecule has 0 amide bonds. The predicted octanol–water partition coefficient (Wildman–Crippen LogP) is 4.00. The van der Waals surface area contributed by atoms with Crippen LogP contribution in [0, 0.1) is 0 Å². The van der Waals surface area contributed by atoms with Crippen molar-refractivity contribution in [3.05, 3.63) is 48.9 Å². The number of nitrogens with one attached hydrogen (secondary N) is 1. The minimum atomic E-state index is 0.775. The van der Waals surface area contributed by atoms with Crippen molar-refractivity contribution in [3.63, 3.8) is 0 Å². The van der Waals surface area contributed by atoms with Gasteiger partial charge in [0.15, 0.2) is 0 Å². The second kappa shape index (κ2) is 7.05. The molecule has 0 fully saturated rings. The first-order valence-corrected chi connectivity index (χ1v) is 7.92. The van der Waals surface area contributed by atoms with E-state index in [9.17, 15) is 0 Å². The van der Waals surface area contributed by atoms with Crippen LogP contribution in [0.4, 0.5) is 17.3 Å². The molecule has 2 heterocycles. The monoisotopic (exact) mass is 307 g/mol. The number of para-hydroxylation sites is 1. The van der Waals surface area contributed by atoms with Crippen molar-refractivity contribution in [2.75, 3.05) is 23.8 Å². The SMILES string of the molecule is CCCCN(C)c1cc(Nc2cccc3cccnc23)ncn1. The summed E-state index contributed by atoms with van der Waals surface area (Å²) in [5.41, 5.74) is 1.89. The zero-order valence-corrected chi connectivity index (χ0v) is 13.5. The van der Waals surface area contributed by atoms with E-state index >= 15 is 0 Å². The van der Waals surface area contributed by atoms with Crippen LogP contribution >= 0.6 is 0 Å². The topological polar surface area (TPSA) is 53.9 Å². The molecule has 0 saturated carbocycles. The van der Waals surface area contributed by atoms with Gasteiger partial charge in [-0.2, -0.15) is 0 Å². The Morgan fingerprint density at radius 1 is 1.09 bits per heavy atom. The van der Waals surface area contributed by atoms with E-state index in [2.05, 4.69) is 51.3 Å². The molecule has 0 aliphatic carbocycles. The number of pyridine rings is 1. The van der Waals surface area contributed by atoms with E-state index in [0.717, 1.165) is 41.2 Å². The van der Waals surface area contributed by atoms with Gasteiger partial charge < -0.3 is 10.2 Å². The molecule has 0 atom stereocenters. The first kappa shape index (κ1) is 15.2. The average Bonchev–Trinajstić information content (AvgIpc) is 2.60. The van der Waals surface area contributed by atoms with E-state index in [0.29, 0.717) is 0 Å². The van der Waals surface area contributed by atoms with E-state index in [-0.39, 0.29) is 0 Å². The van der Waals surface area contributed by atoms with Gasteiger partial charge in [0.1, 0.15) is 18.0 Å². The number of nitrogens with zero attached hydrogens (tertiary/aromatic N) is 4. The van der Waals surface area contributed by atoms with Gasteiger partial charge in [-0.15, -0.1) is 0 Å². The number of aromatic nitrogens is 3. The van der Waals surface area contributed by atoms with Crippen molar-refractivity contribution in [1.29, 1.82) is 0 Å². The van der Waals surface area contributed by atoms with Gasteiger partial charge in [0.2, 0.25) is 0 Å². The van der Waals surface area contributed by atoms with E-state index in [1.807, 2.05) is 24.3 Å². The van der Waals surface area contributed by atoms with Crippen molar-refractivity contribution in [2.45, 2.75) is 19.8 Å². The first-order chi connectivity index (χ1) is 11.3. The van der Waals surface area contributed by atoms with Crippen LogP contribution in [0.1, 0.15) is 19.8 Å². The van der Waals surface area contributed by atoms with Crippen molar-refractivity contribution in [2.24, 2.45) is 0 Å². The van der Waals surface area contributed by atoms with Crippen LogP contribution in [0.2, 0.25) is 0 Å². The summed E-state index contributed by atoms with van der Waals surface area (Å²) in [7, 11) is 2.06. The number of hydrogen-bond acceptors (Lipinski definition) is 5. The lowest BCUT2D eigenvalue weighted by atomic mass is 10.2. The molecule has 0 radical (unpaired) electrons. The van der Waals surface area contributed by atoms with Gasteiger partial charge in [-0.3, -0.25) is 4.98 Å². The Kier molecular flexibility index (Phi) is 4.66. The summed E-state index contributed by atoms with van der Waals surface area (Å²) in [6.45, 7) is 3.18. The highest BCUT2D eigenvalue weighted by molar-refractivity contribution is 5.91. The molecule has 5 heteroatoms. The van der Waals surface area contributed by atoms with E-state index in [1.165, 1.54) is 6.42 Å². The molecule has 1 N–H and O–H groups in total. The Hall–Kier alpha value is -2.69. The summed E-state index contributed by atoms with van der Waals surface area (Å²) in [5, 5.41) is 4.46. The molecule has 23 heavy (non-hydrogen) atoms. The fourth-order valence-electron chi connectivity index (χ4n) is 2.48. The molecule has 0 spiro atoms. The maximum Gasteiger partial charge on any atom is 0.135 e. The van der Waals surface area contributed by atoms with E-state index < -0.39 is 0 Å². The molecule has 3 aromatic rings. The molecule has 0 bridgehead atoms. The average molecular weight is 307 g/mol. The van der Waals surface area contributed by atoms with E-state index in [4.69, 9.17) is 0 Å². The lowest BCUT2D eigenvalue weighted by Gasteiger charge is -2.18. The zero-order chi connectivity index (χ0) is 16.1. The maximum absolute atomic E-state index is 4.46. The number of unbranched alkanes of at least 4 members (excludes halogenated alkanes) is 1. The summed E-state index contributed by atoms with van der Waals surface area (Å²) >= 11 is 0. The third-order valence-corrected chi connectivity index (χ3v) is 3.79. The van der Waals surface area contributed by atoms with Gasteiger partial charge in [-0.1, -0.05) is 31.5 Å². The van der Waals surface area contributed by atoms with Crippen LogP contribution in [0.15, 0.2) is 48.9 Å². The Balaban J connectivity index is 1.85.